The van der Waals surface area contributed by atoms with Gasteiger partial charge in [0, 0.05) is 12.3 Å². The molecule has 2 atom stereocenters. The predicted octanol–water partition coefficient (Wildman–Crippen LogP) is 5.69. The summed E-state index contributed by atoms with van der Waals surface area (Å²) in [7, 11) is 0. The molecular formula is C28H51N5O4. The van der Waals surface area contributed by atoms with Crippen LogP contribution in [0.5, 0.6) is 0 Å². The van der Waals surface area contributed by atoms with Crippen LogP contribution in [0.15, 0.2) is 4.79 Å². The number of esters is 1. The Bertz CT molecular complexity index is 827. The van der Waals surface area contributed by atoms with Crippen molar-refractivity contribution in [1.82, 2.24) is 9.97 Å². The van der Waals surface area contributed by atoms with E-state index in [-0.39, 0.29) is 36.7 Å². The molecule has 0 saturated heterocycles. The van der Waals surface area contributed by atoms with E-state index in [1.54, 1.807) is 4.90 Å². The highest BCUT2D eigenvalue weighted by molar-refractivity contribution is 5.73. The van der Waals surface area contributed by atoms with Crippen LogP contribution in [0.1, 0.15) is 123 Å². The highest BCUT2D eigenvalue weighted by Crippen LogP contribution is 2.31. The third-order valence-electron chi connectivity index (χ3n) is 7.32. The summed E-state index contributed by atoms with van der Waals surface area (Å²) >= 11 is 0. The average molecular weight is 522 g/mol. The maximum absolute atomic E-state index is 12.7. The molecule has 212 valence electrons. The topological polar surface area (TPSA) is 134 Å². The van der Waals surface area contributed by atoms with Gasteiger partial charge in [-0.3, -0.25) is 14.6 Å². The molecule has 0 bridgehead atoms. The first-order valence-corrected chi connectivity index (χ1v) is 14.7. The number of nitrogen functional groups attached to an aromatic ring is 1. The lowest BCUT2D eigenvalue weighted by atomic mass is 10.0. The third kappa shape index (κ3) is 10.9. The molecule has 0 aromatic carbocycles. The summed E-state index contributed by atoms with van der Waals surface area (Å²) in [4.78, 5) is 33.2. The maximum Gasteiger partial charge on any atom is 0.307 e. The van der Waals surface area contributed by atoms with Gasteiger partial charge >= 0.3 is 5.97 Å². The number of carbonyl (C=O) groups is 1. The molecule has 2 unspecified atom stereocenters. The molecule has 0 spiro atoms. The second-order valence-corrected chi connectivity index (χ2v) is 10.4. The zero-order chi connectivity index (χ0) is 26.9. The SMILES string of the molecule is CCCCCCCCCCCCCCCCCC(=O)OC(C(CC)CO)N1CNc2c1nc(N)[nH]c2=O. The molecule has 9 nitrogen and oxygen atoms in total. The van der Waals surface area contributed by atoms with Crippen LogP contribution in [0.25, 0.3) is 0 Å². The summed E-state index contributed by atoms with van der Waals surface area (Å²) in [5.74, 6) is -0.256. The number of carbonyl (C=O) groups excluding carboxylic acids is 1. The number of unbranched alkanes of at least 4 members (excludes halogenated alkanes) is 14. The van der Waals surface area contributed by atoms with E-state index in [4.69, 9.17) is 10.5 Å². The van der Waals surface area contributed by atoms with Gasteiger partial charge in [-0.25, -0.2) is 0 Å². The Morgan fingerprint density at radius 1 is 0.973 bits per heavy atom. The van der Waals surface area contributed by atoms with E-state index < -0.39 is 6.23 Å². The van der Waals surface area contributed by atoms with Gasteiger partial charge in [0.05, 0.1) is 13.3 Å². The third-order valence-corrected chi connectivity index (χ3v) is 7.32. The zero-order valence-electron chi connectivity index (χ0n) is 23.2. The zero-order valence-corrected chi connectivity index (χ0v) is 23.2. The maximum atomic E-state index is 12.7. The molecule has 0 saturated carbocycles. The van der Waals surface area contributed by atoms with E-state index >= 15 is 0 Å². The van der Waals surface area contributed by atoms with Gasteiger partial charge in [0.1, 0.15) is 5.69 Å². The number of aromatic amines is 1. The van der Waals surface area contributed by atoms with Crippen LogP contribution in [0.2, 0.25) is 0 Å². The van der Waals surface area contributed by atoms with E-state index in [1.807, 2.05) is 6.92 Å². The fourth-order valence-corrected chi connectivity index (χ4v) is 4.96. The number of aliphatic hydroxyl groups is 1. The van der Waals surface area contributed by atoms with Gasteiger partial charge in [0.15, 0.2) is 12.0 Å². The van der Waals surface area contributed by atoms with Crippen molar-refractivity contribution in [2.75, 3.05) is 29.2 Å². The second kappa shape index (κ2) is 18.0. The minimum Gasteiger partial charge on any atom is -0.441 e. The van der Waals surface area contributed by atoms with Crippen molar-refractivity contribution in [3.63, 3.8) is 0 Å². The summed E-state index contributed by atoms with van der Waals surface area (Å²) in [5, 5.41) is 12.9. The van der Waals surface area contributed by atoms with Crippen LogP contribution in [-0.2, 0) is 9.53 Å². The lowest BCUT2D eigenvalue weighted by molar-refractivity contribution is -0.152. The molecule has 0 aliphatic carbocycles. The Balaban J connectivity index is 1.62. The number of anilines is 3. The minimum absolute atomic E-state index is 0.00243. The van der Waals surface area contributed by atoms with Crippen LogP contribution in [0.4, 0.5) is 17.5 Å². The number of nitrogens with zero attached hydrogens (tertiary/aromatic N) is 2. The number of nitrogens with two attached hydrogens (primary N) is 1. The number of nitrogens with one attached hydrogen (secondary N) is 2. The number of aromatic nitrogens is 2. The van der Waals surface area contributed by atoms with E-state index in [0.29, 0.717) is 24.3 Å². The molecule has 2 rings (SSSR count). The molecule has 37 heavy (non-hydrogen) atoms. The number of rotatable bonds is 21. The number of aliphatic hydroxyl groups excluding tert-OH is 1. The normalized spacial score (nSPS) is 14.3. The first-order chi connectivity index (χ1) is 18.0. The largest absolute Gasteiger partial charge is 0.441 e. The predicted molar refractivity (Wildman–Crippen MR) is 151 cm³/mol. The summed E-state index contributed by atoms with van der Waals surface area (Å²) in [6.07, 6.45) is 19.3. The molecule has 1 aromatic heterocycles. The number of hydrogen-bond acceptors (Lipinski definition) is 8. The molecule has 1 aliphatic heterocycles. The Hall–Kier alpha value is -2.29. The molecule has 5 N–H and O–H groups in total. The lowest BCUT2D eigenvalue weighted by Gasteiger charge is -2.33. The van der Waals surface area contributed by atoms with Gasteiger partial charge < -0.3 is 25.8 Å². The average Bonchev–Trinajstić information content (AvgIpc) is 3.30. The molecule has 0 radical (unpaired) electrons. The van der Waals surface area contributed by atoms with Crippen LogP contribution in [0.3, 0.4) is 0 Å². The summed E-state index contributed by atoms with van der Waals surface area (Å²) in [6, 6.07) is 0. The van der Waals surface area contributed by atoms with E-state index in [0.717, 1.165) is 19.3 Å². The molecule has 9 heteroatoms. The molecular weight excluding hydrogens is 470 g/mol. The van der Waals surface area contributed by atoms with Gasteiger partial charge in [-0.1, -0.05) is 104 Å². The van der Waals surface area contributed by atoms with Crippen molar-refractivity contribution >= 4 is 23.4 Å². The highest BCUT2D eigenvalue weighted by Gasteiger charge is 2.36. The van der Waals surface area contributed by atoms with Crippen molar-refractivity contribution in [3.8, 4) is 0 Å². The van der Waals surface area contributed by atoms with Crippen molar-refractivity contribution < 1.29 is 14.6 Å². The molecule has 1 aliphatic rings. The van der Waals surface area contributed by atoms with E-state index in [2.05, 4.69) is 22.2 Å². The standard InChI is InChI=1S/C28H51N5O4/c1-3-5-6-7-8-9-10-11-12-13-14-15-16-17-18-19-23(35)37-27(22(4-2)20-34)33-21-30-24-25(33)31-28(29)32-26(24)36/h22,27,30,34H,3-21H2,1-2H3,(H3,29,31,32,36). The van der Waals surface area contributed by atoms with Crippen LogP contribution >= 0.6 is 0 Å². The van der Waals surface area contributed by atoms with Gasteiger partial charge in [-0.15, -0.1) is 0 Å². The number of fused-ring (bicyclic) bond motifs is 1. The lowest BCUT2D eigenvalue weighted by Crippen LogP contribution is -2.45. The van der Waals surface area contributed by atoms with E-state index in [9.17, 15) is 14.7 Å². The summed E-state index contributed by atoms with van der Waals surface area (Å²) < 4.78 is 5.83. The molecule has 1 aromatic rings. The Morgan fingerprint density at radius 3 is 2.03 bits per heavy atom. The van der Waals surface area contributed by atoms with Crippen LogP contribution < -0.4 is 21.5 Å². The number of hydrogen-bond donors (Lipinski definition) is 4. The first-order valence-electron chi connectivity index (χ1n) is 14.7. The van der Waals surface area contributed by atoms with E-state index in [1.165, 1.54) is 77.0 Å². The quantitative estimate of drug-likeness (QED) is 0.120. The van der Waals surface area contributed by atoms with Crippen molar-refractivity contribution in [2.24, 2.45) is 5.92 Å². The van der Waals surface area contributed by atoms with Crippen molar-refractivity contribution in [2.45, 2.75) is 129 Å². The van der Waals surface area contributed by atoms with Gasteiger partial charge in [0.25, 0.3) is 5.56 Å². The summed E-state index contributed by atoms with van der Waals surface area (Å²) in [6.45, 7) is 4.31. The van der Waals surface area contributed by atoms with Crippen molar-refractivity contribution in [1.29, 1.82) is 0 Å². The Kier molecular flexibility index (Phi) is 15.1. The number of ether oxygens (including phenoxy) is 1. The fraction of sp³-hybridized carbons (Fsp3) is 0.821. The monoisotopic (exact) mass is 521 g/mol. The molecule has 0 amide bonds. The van der Waals surface area contributed by atoms with Crippen LogP contribution in [-0.4, -0.2) is 40.5 Å². The van der Waals surface area contributed by atoms with Crippen LogP contribution in [0, 0.1) is 5.92 Å². The Morgan fingerprint density at radius 2 is 1.51 bits per heavy atom. The first kappa shape index (κ1) is 30.9. The Labute approximate surface area is 223 Å². The van der Waals surface area contributed by atoms with Gasteiger partial charge in [0.2, 0.25) is 5.95 Å². The smallest absolute Gasteiger partial charge is 0.307 e. The van der Waals surface area contributed by atoms with Crippen molar-refractivity contribution in [3.05, 3.63) is 10.4 Å². The van der Waals surface area contributed by atoms with Gasteiger partial charge in [-0.05, 0) is 12.8 Å². The molecule has 2 heterocycles. The second-order valence-electron chi connectivity index (χ2n) is 10.4. The minimum atomic E-state index is -0.721. The highest BCUT2D eigenvalue weighted by atomic mass is 16.6. The number of H-pyrrole nitrogens is 1. The molecule has 0 fully saturated rings. The fourth-order valence-electron chi connectivity index (χ4n) is 4.96. The summed E-state index contributed by atoms with van der Waals surface area (Å²) in [5.41, 5.74) is 5.65. The van der Waals surface area contributed by atoms with Gasteiger partial charge in [-0.2, -0.15) is 4.98 Å².